The molecule has 0 radical (unpaired) electrons. The fraction of sp³-hybridized carbons (Fsp3) is 0.524. The van der Waals surface area contributed by atoms with E-state index in [0.29, 0.717) is 31.5 Å². The van der Waals surface area contributed by atoms with E-state index in [0.717, 1.165) is 35.3 Å². The lowest BCUT2D eigenvalue weighted by atomic mass is 9.77. The number of halogens is 1. The van der Waals surface area contributed by atoms with E-state index in [2.05, 4.69) is 22.8 Å². The highest BCUT2D eigenvalue weighted by molar-refractivity contribution is 7.21. The van der Waals surface area contributed by atoms with E-state index in [-0.39, 0.29) is 17.7 Å². The van der Waals surface area contributed by atoms with Crippen molar-refractivity contribution in [2.45, 2.75) is 31.6 Å². The number of hydrogen-bond acceptors (Lipinski definition) is 4. The number of ether oxygens (including phenoxy) is 1. The smallest absolute Gasteiger partial charge is 0.261 e. The molecule has 1 aliphatic carbocycles. The summed E-state index contributed by atoms with van der Waals surface area (Å²) in [5.74, 6) is 0.747. The Labute approximate surface area is 174 Å². The van der Waals surface area contributed by atoms with Gasteiger partial charge in [-0.3, -0.25) is 9.59 Å². The van der Waals surface area contributed by atoms with Crippen LogP contribution in [0.15, 0.2) is 24.3 Å². The van der Waals surface area contributed by atoms with E-state index >= 15 is 0 Å². The minimum atomic E-state index is -0.109. The average Bonchev–Trinajstić information content (AvgIpc) is 3.12. The fourth-order valence-electron chi connectivity index (χ4n) is 3.95. The van der Waals surface area contributed by atoms with Crippen molar-refractivity contribution >= 4 is 44.8 Å². The zero-order chi connectivity index (χ0) is 19.9. The zero-order valence-electron chi connectivity index (χ0n) is 16.1. The van der Waals surface area contributed by atoms with Gasteiger partial charge in [0.2, 0.25) is 5.91 Å². The van der Waals surface area contributed by atoms with Crippen molar-refractivity contribution in [3.05, 3.63) is 34.7 Å². The van der Waals surface area contributed by atoms with Gasteiger partial charge in [0.1, 0.15) is 5.88 Å². The van der Waals surface area contributed by atoms with Gasteiger partial charge in [-0.05, 0) is 54.5 Å². The number of hydrogen-bond donors (Lipinski definition) is 2. The van der Waals surface area contributed by atoms with Crippen molar-refractivity contribution in [2.24, 2.45) is 5.92 Å². The van der Waals surface area contributed by atoms with Gasteiger partial charge >= 0.3 is 0 Å². The molecule has 1 aromatic carbocycles. The molecule has 1 saturated carbocycles. The number of thiophene rings is 1. The summed E-state index contributed by atoms with van der Waals surface area (Å²) >= 11 is 7.13. The third kappa shape index (κ3) is 5.04. The van der Waals surface area contributed by atoms with Gasteiger partial charge in [0.15, 0.2) is 0 Å². The van der Waals surface area contributed by atoms with Gasteiger partial charge in [0.05, 0.1) is 11.5 Å². The minimum Gasteiger partial charge on any atom is -0.383 e. The highest BCUT2D eigenvalue weighted by Gasteiger charge is 2.29. The normalized spacial score (nSPS) is 19.5. The predicted molar refractivity (Wildman–Crippen MR) is 114 cm³/mol. The molecule has 5 nitrogen and oxygen atoms in total. The number of amides is 2. The second-order valence-corrected chi connectivity index (χ2v) is 8.56. The summed E-state index contributed by atoms with van der Waals surface area (Å²) < 4.78 is 6.20. The Morgan fingerprint density at radius 2 is 1.93 bits per heavy atom. The number of alkyl halides is 1. The number of nitrogens with one attached hydrogen (secondary N) is 2. The van der Waals surface area contributed by atoms with Crippen LogP contribution in [0.2, 0.25) is 0 Å². The van der Waals surface area contributed by atoms with Crippen molar-refractivity contribution in [3.8, 4) is 0 Å². The Morgan fingerprint density at radius 1 is 1.18 bits per heavy atom. The maximum atomic E-state index is 12.8. The number of fused-ring (bicyclic) bond motifs is 1. The summed E-state index contributed by atoms with van der Waals surface area (Å²) in [5, 5.41) is 7.07. The molecule has 0 unspecified atom stereocenters. The van der Waals surface area contributed by atoms with Crippen LogP contribution in [0.5, 0.6) is 0 Å². The maximum absolute atomic E-state index is 12.8. The number of carbonyl (C=O) groups excluding carboxylic acids is 2. The number of benzene rings is 1. The summed E-state index contributed by atoms with van der Waals surface area (Å²) in [6.07, 6.45) is 4.14. The third-order valence-corrected chi connectivity index (χ3v) is 6.82. The highest BCUT2D eigenvalue weighted by atomic mass is 35.5. The summed E-state index contributed by atoms with van der Waals surface area (Å²) in [6, 6.07) is 8.27. The first-order valence-electron chi connectivity index (χ1n) is 9.75. The van der Waals surface area contributed by atoms with Crippen LogP contribution in [-0.2, 0) is 9.53 Å². The largest absolute Gasteiger partial charge is 0.383 e. The van der Waals surface area contributed by atoms with Gasteiger partial charge in [-0.2, -0.15) is 0 Å². The molecule has 1 fully saturated rings. The Morgan fingerprint density at radius 3 is 2.64 bits per heavy atom. The molecule has 3 rings (SSSR count). The van der Waals surface area contributed by atoms with Crippen LogP contribution >= 0.6 is 22.9 Å². The fourth-order valence-corrected chi connectivity index (χ4v) is 5.25. The first kappa shape index (κ1) is 21.1. The van der Waals surface area contributed by atoms with Crippen LogP contribution in [0.3, 0.4) is 0 Å². The predicted octanol–water partition coefficient (Wildman–Crippen LogP) is 3.91. The molecule has 28 heavy (non-hydrogen) atoms. The molecule has 152 valence electrons. The highest BCUT2D eigenvalue weighted by Crippen LogP contribution is 2.43. The van der Waals surface area contributed by atoms with Crippen molar-refractivity contribution in [1.82, 2.24) is 10.6 Å². The summed E-state index contributed by atoms with van der Waals surface area (Å²) in [4.78, 5) is 25.0. The molecule has 7 heteroatoms. The Hall–Kier alpha value is -1.63. The summed E-state index contributed by atoms with van der Waals surface area (Å²) in [6.45, 7) is 1.70. The number of methoxy groups -OCH3 is 1. The monoisotopic (exact) mass is 422 g/mol. The van der Waals surface area contributed by atoms with E-state index in [4.69, 9.17) is 16.3 Å². The van der Waals surface area contributed by atoms with Crippen LogP contribution in [0, 0.1) is 5.92 Å². The molecule has 0 aliphatic heterocycles. The Kier molecular flexibility index (Phi) is 7.71. The van der Waals surface area contributed by atoms with Crippen molar-refractivity contribution in [2.75, 3.05) is 32.7 Å². The standard InChI is InChI=1S/C21H27ClN2O3S/c1-27-11-10-23-21(26)20-19(16-4-2-3-5-17(16)28-20)15-8-6-14(7-9-15)13-24-18(25)12-22/h2-5,14-15H,6-13H2,1H3,(H,23,26)(H,24,25). The lowest BCUT2D eigenvalue weighted by Crippen LogP contribution is -2.32. The summed E-state index contributed by atoms with van der Waals surface area (Å²) in [7, 11) is 1.63. The van der Waals surface area contributed by atoms with E-state index < -0.39 is 0 Å². The van der Waals surface area contributed by atoms with E-state index in [1.807, 2.05) is 12.1 Å². The van der Waals surface area contributed by atoms with Crippen LogP contribution in [0.1, 0.15) is 46.8 Å². The molecule has 2 aromatic rings. The van der Waals surface area contributed by atoms with E-state index in [1.54, 1.807) is 18.4 Å². The van der Waals surface area contributed by atoms with E-state index in [1.165, 1.54) is 10.9 Å². The molecule has 0 atom stereocenters. The van der Waals surface area contributed by atoms with Gasteiger partial charge in [0, 0.05) is 24.9 Å². The van der Waals surface area contributed by atoms with Gasteiger partial charge in [-0.1, -0.05) is 18.2 Å². The number of carbonyl (C=O) groups is 2. The van der Waals surface area contributed by atoms with Crippen LogP contribution < -0.4 is 10.6 Å². The SMILES string of the molecule is COCCNC(=O)c1sc2ccccc2c1C1CCC(CNC(=O)CCl)CC1. The minimum absolute atomic E-state index is 0.00949. The Bertz CT molecular complexity index is 815. The maximum Gasteiger partial charge on any atom is 0.261 e. The van der Waals surface area contributed by atoms with Crippen molar-refractivity contribution < 1.29 is 14.3 Å². The molecule has 2 amide bonds. The lowest BCUT2D eigenvalue weighted by Gasteiger charge is -2.29. The second kappa shape index (κ2) is 10.2. The molecule has 0 saturated heterocycles. The first-order valence-corrected chi connectivity index (χ1v) is 11.1. The average molecular weight is 423 g/mol. The van der Waals surface area contributed by atoms with E-state index in [9.17, 15) is 9.59 Å². The van der Waals surface area contributed by atoms with Crippen molar-refractivity contribution in [1.29, 1.82) is 0 Å². The molecule has 1 aliphatic rings. The zero-order valence-corrected chi connectivity index (χ0v) is 17.7. The molecule has 0 spiro atoms. The molecule has 1 heterocycles. The topological polar surface area (TPSA) is 67.4 Å². The molecule has 0 bridgehead atoms. The summed E-state index contributed by atoms with van der Waals surface area (Å²) in [5.41, 5.74) is 1.19. The quantitative estimate of drug-likeness (QED) is 0.500. The van der Waals surface area contributed by atoms with Crippen LogP contribution in [0.4, 0.5) is 0 Å². The van der Waals surface area contributed by atoms with Crippen molar-refractivity contribution in [3.63, 3.8) is 0 Å². The van der Waals surface area contributed by atoms with Gasteiger partial charge in [0.25, 0.3) is 5.91 Å². The molecular formula is C21H27ClN2O3S. The second-order valence-electron chi connectivity index (χ2n) is 7.25. The lowest BCUT2D eigenvalue weighted by molar-refractivity contribution is -0.118. The molecule has 2 N–H and O–H groups in total. The third-order valence-electron chi connectivity index (χ3n) is 5.40. The molecule has 1 aromatic heterocycles. The number of rotatable bonds is 8. The van der Waals surface area contributed by atoms with Gasteiger partial charge in [-0.25, -0.2) is 0 Å². The molecular weight excluding hydrogens is 396 g/mol. The van der Waals surface area contributed by atoms with Crippen LogP contribution in [-0.4, -0.2) is 44.5 Å². The van der Waals surface area contributed by atoms with Gasteiger partial charge < -0.3 is 15.4 Å². The van der Waals surface area contributed by atoms with Crippen LogP contribution in [0.25, 0.3) is 10.1 Å². The first-order chi connectivity index (χ1) is 13.6. The van der Waals surface area contributed by atoms with Gasteiger partial charge in [-0.15, -0.1) is 22.9 Å². The Balaban J connectivity index is 1.74.